The van der Waals surface area contributed by atoms with Crippen molar-refractivity contribution in [1.82, 2.24) is 24.6 Å². The third-order valence-corrected chi connectivity index (χ3v) is 6.04. The molecule has 4 aromatic rings. The van der Waals surface area contributed by atoms with E-state index in [0.29, 0.717) is 39.3 Å². The lowest BCUT2D eigenvalue weighted by Gasteiger charge is -2.34. The van der Waals surface area contributed by atoms with Crippen LogP contribution < -0.4 is 14.4 Å². The van der Waals surface area contributed by atoms with Crippen LogP contribution in [0, 0.1) is 10.1 Å². The fraction of sp³-hybridized carbons (Fsp3) is 0.280. The molecule has 1 amide bonds. The molecule has 0 unspecified atom stereocenters. The summed E-state index contributed by atoms with van der Waals surface area (Å²) in [4.78, 5) is 35.5. The van der Waals surface area contributed by atoms with Crippen LogP contribution in [0.2, 0.25) is 0 Å². The summed E-state index contributed by atoms with van der Waals surface area (Å²) in [6.07, 6.45) is 2.80. The van der Waals surface area contributed by atoms with Gasteiger partial charge >= 0.3 is 6.09 Å². The van der Waals surface area contributed by atoms with Crippen molar-refractivity contribution in [1.29, 1.82) is 0 Å². The highest BCUT2D eigenvalue weighted by atomic mass is 16.6. The summed E-state index contributed by atoms with van der Waals surface area (Å²) in [6.45, 7) is 5.10. The number of nitro benzene ring substituents is 1. The van der Waals surface area contributed by atoms with Crippen LogP contribution >= 0.6 is 0 Å². The van der Waals surface area contributed by atoms with E-state index in [9.17, 15) is 14.9 Å². The van der Waals surface area contributed by atoms with E-state index in [-0.39, 0.29) is 11.4 Å². The van der Waals surface area contributed by atoms with Crippen molar-refractivity contribution >= 4 is 28.6 Å². The van der Waals surface area contributed by atoms with Gasteiger partial charge in [-0.05, 0) is 36.8 Å². The van der Waals surface area contributed by atoms with Gasteiger partial charge in [0.1, 0.15) is 23.6 Å². The van der Waals surface area contributed by atoms with Gasteiger partial charge in [0.15, 0.2) is 5.65 Å². The van der Waals surface area contributed by atoms with Gasteiger partial charge in [-0.3, -0.25) is 10.1 Å². The Bertz CT molecular complexity index is 1410. The van der Waals surface area contributed by atoms with E-state index in [1.807, 2.05) is 35.9 Å². The lowest BCUT2D eigenvalue weighted by atomic mass is 10.2. The quantitative estimate of drug-likeness (QED) is 0.275. The predicted octanol–water partition coefficient (Wildman–Crippen LogP) is 3.50. The Labute approximate surface area is 212 Å². The molecule has 0 aliphatic carbocycles. The maximum Gasteiger partial charge on any atom is 0.415 e. The molecule has 12 nitrogen and oxygen atoms in total. The average Bonchev–Trinajstić information content (AvgIpc) is 3.32. The number of hydrogen-bond acceptors (Lipinski definition) is 9. The van der Waals surface area contributed by atoms with Gasteiger partial charge in [-0.25, -0.2) is 19.4 Å². The summed E-state index contributed by atoms with van der Waals surface area (Å²) in [5, 5.41) is 16.2. The summed E-state index contributed by atoms with van der Waals surface area (Å²) in [5.74, 6) is 1.84. The van der Waals surface area contributed by atoms with Gasteiger partial charge in [0.05, 0.1) is 29.7 Å². The van der Waals surface area contributed by atoms with Crippen LogP contribution in [0.4, 0.5) is 16.3 Å². The smallest absolute Gasteiger partial charge is 0.415 e. The second-order valence-corrected chi connectivity index (χ2v) is 8.41. The van der Waals surface area contributed by atoms with Gasteiger partial charge < -0.3 is 19.3 Å². The molecule has 0 N–H and O–H groups in total. The average molecular weight is 504 g/mol. The predicted molar refractivity (Wildman–Crippen MR) is 135 cm³/mol. The topological polar surface area (TPSA) is 129 Å². The van der Waals surface area contributed by atoms with Gasteiger partial charge in [-0.1, -0.05) is 12.1 Å². The van der Waals surface area contributed by atoms with Crippen molar-refractivity contribution in [2.75, 3.05) is 37.7 Å². The minimum Gasteiger partial charge on any atom is -0.494 e. The van der Waals surface area contributed by atoms with Crippen molar-refractivity contribution in [2.45, 2.75) is 13.5 Å². The van der Waals surface area contributed by atoms with Crippen molar-refractivity contribution in [3.8, 4) is 11.5 Å². The van der Waals surface area contributed by atoms with Crippen LogP contribution in [-0.4, -0.2) is 68.5 Å². The summed E-state index contributed by atoms with van der Waals surface area (Å²) in [7, 11) is 0. The molecule has 190 valence electrons. The second kappa shape index (κ2) is 10.5. The first-order chi connectivity index (χ1) is 18.0. The molecule has 0 bridgehead atoms. The fourth-order valence-electron chi connectivity index (χ4n) is 4.22. The molecule has 1 aliphatic rings. The number of nitro groups is 1. The molecular weight excluding hydrogens is 478 g/mol. The first-order valence-corrected chi connectivity index (χ1v) is 11.9. The molecule has 0 spiro atoms. The van der Waals surface area contributed by atoms with Gasteiger partial charge in [0, 0.05) is 38.3 Å². The summed E-state index contributed by atoms with van der Waals surface area (Å²) in [6, 6.07) is 13.3. The number of benzene rings is 2. The SMILES string of the molecule is CCOc1cccc(Cn2ncc3c(N4CCN(C(=O)Oc5ccc([N+](=O)[O-])cc5)CC4)ncnc32)c1. The van der Waals surface area contributed by atoms with E-state index in [2.05, 4.69) is 20.0 Å². The largest absolute Gasteiger partial charge is 0.494 e. The molecule has 2 aromatic carbocycles. The summed E-state index contributed by atoms with van der Waals surface area (Å²) in [5.41, 5.74) is 1.72. The van der Waals surface area contributed by atoms with Gasteiger partial charge in [-0.15, -0.1) is 0 Å². The van der Waals surface area contributed by atoms with Gasteiger partial charge in [-0.2, -0.15) is 5.10 Å². The molecule has 12 heteroatoms. The van der Waals surface area contributed by atoms with E-state index in [0.717, 1.165) is 28.2 Å². The van der Waals surface area contributed by atoms with Gasteiger partial charge in [0.2, 0.25) is 0 Å². The third-order valence-electron chi connectivity index (χ3n) is 6.04. The number of carbonyl (C=O) groups excluding carboxylic acids is 1. The van der Waals surface area contributed by atoms with E-state index in [4.69, 9.17) is 9.47 Å². The first-order valence-electron chi connectivity index (χ1n) is 11.9. The monoisotopic (exact) mass is 503 g/mol. The minimum atomic E-state index is -0.501. The number of fused-ring (bicyclic) bond motifs is 1. The number of amides is 1. The molecule has 1 aliphatic heterocycles. The Kier molecular flexibility index (Phi) is 6.79. The number of rotatable bonds is 7. The Morgan fingerprint density at radius 1 is 1.05 bits per heavy atom. The zero-order valence-corrected chi connectivity index (χ0v) is 20.2. The Morgan fingerprint density at radius 3 is 2.57 bits per heavy atom. The molecule has 2 aromatic heterocycles. The number of non-ortho nitro benzene ring substituents is 1. The number of nitrogens with zero attached hydrogens (tertiary/aromatic N) is 7. The zero-order chi connectivity index (χ0) is 25.8. The molecule has 5 rings (SSSR count). The van der Waals surface area contributed by atoms with E-state index < -0.39 is 11.0 Å². The van der Waals surface area contributed by atoms with Crippen LogP contribution in [0.25, 0.3) is 11.0 Å². The molecule has 0 atom stereocenters. The van der Waals surface area contributed by atoms with E-state index >= 15 is 0 Å². The van der Waals surface area contributed by atoms with Crippen molar-refractivity contribution in [3.05, 3.63) is 76.7 Å². The second-order valence-electron chi connectivity index (χ2n) is 8.41. The zero-order valence-electron chi connectivity index (χ0n) is 20.2. The number of piperazine rings is 1. The number of hydrogen-bond donors (Lipinski definition) is 0. The molecule has 1 fully saturated rings. The van der Waals surface area contributed by atoms with E-state index in [1.165, 1.54) is 30.6 Å². The number of anilines is 1. The first kappa shape index (κ1) is 24.0. The maximum atomic E-state index is 12.6. The van der Waals surface area contributed by atoms with Crippen molar-refractivity contribution in [2.24, 2.45) is 0 Å². The minimum absolute atomic E-state index is 0.0630. The van der Waals surface area contributed by atoms with Crippen LogP contribution in [-0.2, 0) is 6.54 Å². The molecule has 1 saturated heterocycles. The third kappa shape index (κ3) is 5.27. The van der Waals surface area contributed by atoms with Crippen LogP contribution in [0.5, 0.6) is 11.5 Å². The van der Waals surface area contributed by atoms with Crippen LogP contribution in [0.3, 0.4) is 0 Å². The Balaban J connectivity index is 1.24. The molecule has 0 saturated carbocycles. The standard InChI is InChI=1S/C25H25N7O5/c1-2-36-21-5-3-4-18(14-21)16-31-24-22(15-28-31)23(26-17-27-24)29-10-12-30(13-11-29)25(33)37-20-8-6-19(7-9-20)32(34)35/h3-9,14-15,17H,2,10-13,16H2,1H3. The highest BCUT2D eigenvalue weighted by molar-refractivity contribution is 5.87. The van der Waals surface area contributed by atoms with E-state index in [1.54, 1.807) is 11.1 Å². The molecule has 0 radical (unpaired) electrons. The molecular formula is C25H25N7O5. The number of carbonyl (C=O) groups is 1. The van der Waals surface area contributed by atoms with Crippen LogP contribution in [0.1, 0.15) is 12.5 Å². The highest BCUT2D eigenvalue weighted by Crippen LogP contribution is 2.25. The number of ether oxygens (including phenoxy) is 2. The summed E-state index contributed by atoms with van der Waals surface area (Å²) < 4.78 is 12.8. The van der Waals surface area contributed by atoms with Crippen molar-refractivity contribution < 1.29 is 19.2 Å². The van der Waals surface area contributed by atoms with Crippen molar-refractivity contribution in [3.63, 3.8) is 0 Å². The normalized spacial score (nSPS) is 13.5. The summed E-state index contributed by atoms with van der Waals surface area (Å²) >= 11 is 0. The number of aromatic nitrogens is 4. The lowest BCUT2D eigenvalue weighted by molar-refractivity contribution is -0.384. The maximum absolute atomic E-state index is 12.6. The van der Waals surface area contributed by atoms with Crippen LogP contribution in [0.15, 0.2) is 61.1 Å². The fourth-order valence-corrected chi connectivity index (χ4v) is 4.22. The van der Waals surface area contributed by atoms with Gasteiger partial charge in [0.25, 0.3) is 5.69 Å². The lowest BCUT2D eigenvalue weighted by Crippen LogP contribution is -2.49. The Morgan fingerprint density at radius 2 is 1.84 bits per heavy atom. The molecule has 37 heavy (non-hydrogen) atoms. The molecule has 3 heterocycles. The highest BCUT2D eigenvalue weighted by Gasteiger charge is 2.25. The Hall–Kier alpha value is -4.74.